The van der Waals surface area contributed by atoms with Crippen molar-refractivity contribution in [1.82, 2.24) is 10.2 Å². The summed E-state index contributed by atoms with van der Waals surface area (Å²) in [6, 6.07) is 5.28. The van der Waals surface area contributed by atoms with Crippen LogP contribution in [0.25, 0.3) is 0 Å². The van der Waals surface area contributed by atoms with Gasteiger partial charge in [-0.2, -0.15) is 0 Å². The number of halogens is 2. The van der Waals surface area contributed by atoms with Crippen LogP contribution in [-0.2, 0) is 4.74 Å². The van der Waals surface area contributed by atoms with Crippen molar-refractivity contribution in [3.8, 4) is 0 Å². The Balaban J connectivity index is 1.89. The molecule has 110 valence electrons. The zero-order valence-electron chi connectivity index (χ0n) is 11.4. The maximum absolute atomic E-state index is 12.2. The third-order valence-corrected chi connectivity index (χ3v) is 3.81. The van der Waals surface area contributed by atoms with Crippen molar-refractivity contribution in [3.63, 3.8) is 0 Å². The van der Waals surface area contributed by atoms with Gasteiger partial charge in [0.2, 0.25) is 0 Å². The molecule has 20 heavy (non-hydrogen) atoms. The lowest BCUT2D eigenvalue weighted by Crippen LogP contribution is -2.46. The topological polar surface area (TPSA) is 41.6 Å². The van der Waals surface area contributed by atoms with Crippen molar-refractivity contribution in [1.29, 1.82) is 0 Å². The molecule has 1 unspecified atom stereocenters. The number of morpholine rings is 1. The molecular weight excluding hydrogens is 344 g/mol. The summed E-state index contributed by atoms with van der Waals surface area (Å²) >= 11 is 9.29. The number of hydrogen-bond acceptors (Lipinski definition) is 3. The standard InChI is InChI=1S/C14H18BrClN2O2/c1-10(9-18-2-4-20-5-3-18)17-14(19)11-6-12(15)8-13(16)7-11/h6-8,10H,2-5,9H2,1H3,(H,17,19). The fourth-order valence-electron chi connectivity index (χ4n) is 2.21. The molecule has 1 aliphatic rings. The van der Waals surface area contributed by atoms with Gasteiger partial charge in [-0.15, -0.1) is 0 Å². The quantitative estimate of drug-likeness (QED) is 0.896. The van der Waals surface area contributed by atoms with Gasteiger partial charge >= 0.3 is 0 Å². The van der Waals surface area contributed by atoms with Gasteiger partial charge in [0, 0.05) is 40.7 Å². The molecular formula is C14H18BrClN2O2. The minimum Gasteiger partial charge on any atom is -0.379 e. The zero-order valence-corrected chi connectivity index (χ0v) is 13.7. The number of ether oxygens (including phenoxy) is 1. The van der Waals surface area contributed by atoms with Gasteiger partial charge < -0.3 is 10.1 Å². The van der Waals surface area contributed by atoms with Gasteiger partial charge in [-0.3, -0.25) is 9.69 Å². The number of rotatable bonds is 4. The molecule has 4 nitrogen and oxygen atoms in total. The first kappa shape index (κ1) is 15.8. The molecule has 1 amide bonds. The molecule has 0 saturated carbocycles. The lowest BCUT2D eigenvalue weighted by molar-refractivity contribution is 0.0342. The van der Waals surface area contributed by atoms with Crippen LogP contribution in [0.2, 0.25) is 5.02 Å². The van der Waals surface area contributed by atoms with Gasteiger partial charge in [0.1, 0.15) is 0 Å². The lowest BCUT2D eigenvalue weighted by Gasteiger charge is -2.29. The third kappa shape index (κ3) is 4.74. The average Bonchev–Trinajstić information content (AvgIpc) is 2.38. The fraction of sp³-hybridized carbons (Fsp3) is 0.500. The molecule has 1 aromatic rings. The van der Waals surface area contributed by atoms with Gasteiger partial charge in [-0.1, -0.05) is 27.5 Å². The summed E-state index contributed by atoms with van der Waals surface area (Å²) in [4.78, 5) is 14.5. The van der Waals surface area contributed by atoms with Gasteiger partial charge in [-0.25, -0.2) is 0 Å². The monoisotopic (exact) mass is 360 g/mol. The molecule has 1 fully saturated rings. The molecule has 1 N–H and O–H groups in total. The molecule has 1 saturated heterocycles. The van der Waals surface area contributed by atoms with Gasteiger partial charge in [0.25, 0.3) is 5.91 Å². The number of hydrogen-bond donors (Lipinski definition) is 1. The van der Waals surface area contributed by atoms with Crippen LogP contribution >= 0.6 is 27.5 Å². The Bertz CT molecular complexity index is 458. The number of carbonyl (C=O) groups is 1. The molecule has 0 aliphatic carbocycles. The van der Waals surface area contributed by atoms with E-state index in [9.17, 15) is 4.79 Å². The SMILES string of the molecule is CC(CN1CCOCC1)NC(=O)c1cc(Cl)cc(Br)c1. The van der Waals surface area contributed by atoms with E-state index in [4.69, 9.17) is 16.3 Å². The van der Waals surface area contributed by atoms with Crippen LogP contribution in [0.1, 0.15) is 17.3 Å². The molecule has 0 bridgehead atoms. The Morgan fingerprint density at radius 2 is 2.15 bits per heavy atom. The Kier molecular flexibility index (Phi) is 5.84. The minimum atomic E-state index is -0.103. The van der Waals surface area contributed by atoms with E-state index in [1.54, 1.807) is 18.2 Å². The number of nitrogens with one attached hydrogen (secondary N) is 1. The van der Waals surface area contributed by atoms with Crippen LogP contribution in [0, 0.1) is 0 Å². The maximum Gasteiger partial charge on any atom is 0.251 e. The van der Waals surface area contributed by atoms with E-state index < -0.39 is 0 Å². The van der Waals surface area contributed by atoms with Crippen molar-refractivity contribution in [2.45, 2.75) is 13.0 Å². The Morgan fingerprint density at radius 1 is 1.45 bits per heavy atom. The summed E-state index contributed by atoms with van der Waals surface area (Å²) in [7, 11) is 0. The second-order valence-corrected chi connectivity index (χ2v) is 6.30. The normalized spacial score (nSPS) is 17.8. The summed E-state index contributed by atoms with van der Waals surface area (Å²) < 4.78 is 6.11. The van der Waals surface area contributed by atoms with E-state index in [0.29, 0.717) is 10.6 Å². The average molecular weight is 362 g/mol. The van der Waals surface area contributed by atoms with Crippen LogP contribution < -0.4 is 5.32 Å². The highest BCUT2D eigenvalue weighted by molar-refractivity contribution is 9.10. The van der Waals surface area contributed by atoms with E-state index in [1.165, 1.54) is 0 Å². The van der Waals surface area contributed by atoms with Crippen molar-refractivity contribution < 1.29 is 9.53 Å². The number of benzene rings is 1. The van der Waals surface area contributed by atoms with Crippen molar-refractivity contribution in [2.75, 3.05) is 32.8 Å². The zero-order chi connectivity index (χ0) is 14.5. The smallest absolute Gasteiger partial charge is 0.251 e. The first-order valence-corrected chi connectivity index (χ1v) is 7.79. The molecule has 0 aromatic heterocycles. The summed E-state index contributed by atoms with van der Waals surface area (Å²) in [5, 5.41) is 3.54. The molecule has 0 spiro atoms. The van der Waals surface area contributed by atoms with Crippen molar-refractivity contribution in [2.24, 2.45) is 0 Å². The molecule has 1 atom stereocenters. The first-order valence-electron chi connectivity index (χ1n) is 6.61. The number of amides is 1. The third-order valence-electron chi connectivity index (χ3n) is 3.14. The summed E-state index contributed by atoms with van der Waals surface area (Å²) in [5.74, 6) is -0.103. The maximum atomic E-state index is 12.2. The second-order valence-electron chi connectivity index (χ2n) is 4.95. The minimum absolute atomic E-state index is 0.0818. The lowest BCUT2D eigenvalue weighted by atomic mass is 10.2. The fourth-order valence-corrected chi connectivity index (χ4v) is 3.07. The Morgan fingerprint density at radius 3 is 2.80 bits per heavy atom. The van der Waals surface area contributed by atoms with E-state index in [0.717, 1.165) is 37.3 Å². The molecule has 6 heteroatoms. The van der Waals surface area contributed by atoms with Crippen LogP contribution in [0.15, 0.2) is 22.7 Å². The van der Waals surface area contributed by atoms with E-state index in [2.05, 4.69) is 26.1 Å². The summed E-state index contributed by atoms with van der Waals surface area (Å²) in [6.45, 7) is 6.21. The predicted octanol–water partition coefficient (Wildman–Crippen LogP) is 2.55. The van der Waals surface area contributed by atoms with E-state index in [-0.39, 0.29) is 11.9 Å². The molecule has 0 radical (unpaired) electrons. The van der Waals surface area contributed by atoms with Crippen LogP contribution in [0.5, 0.6) is 0 Å². The molecule has 1 aliphatic heterocycles. The van der Waals surface area contributed by atoms with Gasteiger partial charge in [-0.05, 0) is 25.1 Å². The van der Waals surface area contributed by atoms with Crippen LogP contribution in [0.4, 0.5) is 0 Å². The van der Waals surface area contributed by atoms with Crippen LogP contribution in [-0.4, -0.2) is 49.7 Å². The van der Waals surface area contributed by atoms with Crippen LogP contribution in [0.3, 0.4) is 0 Å². The second kappa shape index (κ2) is 7.41. The van der Waals surface area contributed by atoms with E-state index >= 15 is 0 Å². The molecule has 1 aromatic carbocycles. The predicted molar refractivity (Wildman–Crippen MR) is 83.3 cm³/mol. The highest BCUT2D eigenvalue weighted by atomic mass is 79.9. The Hall–Kier alpha value is -0.620. The highest BCUT2D eigenvalue weighted by Crippen LogP contribution is 2.19. The first-order chi connectivity index (χ1) is 9.54. The van der Waals surface area contributed by atoms with Gasteiger partial charge in [0.15, 0.2) is 0 Å². The largest absolute Gasteiger partial charge is 0.379 e. The molecule has 2 rings (SSSR count). The summed E-state index contributed by atoms with van der Waals surface area (Å²) in [6.07, 6.45) is 0. The Labute approximate surface area is 132 Å². The van der Waals surface area contributed by atoms with Crippen molar-refractivity contribution in [3.05, 3.63) is 33.3 Å². The summed E-state index contributed by atoms with van der Waals surface area (Å²) in [5.41, 5.74) is 0.568. The number of carbonyl (C=O) groups excluding carboxylic acids is 1. The van der Waals surface area contributed by atoms with E-state index in [1.807, 2.05) is 6.92 Å². The van der Waals surface area contributed by atoms with Gasteiger partial charge in [0.05, 0.1) is 13.2 Å². The van der Waals surface area contributed by atoms with Crippen molar-refractivity contribution >= 4 is 33.4 Å². The molecule has 1 heterocycles. The highest BCUT2D eigenvalue weighted by Gasteiger charge is 2.16. The number of nitrogens with zero attached hydrogens (tertiary/aromatic N) is 1.